The zero-order chi connectivity index (χ0) is 13.0. The molecule has 0 aliphatic carbocycles. The molecule has 3 nitrogen and oxygen atoms in total. The van der Waals surface area contributed by atoms with Crippen molar-refractivity contribution in [2.45, 2.75) is 19.8 Å². The van der Waals surface area contributed by atoms with Crippen LogP contribution in [0, 0.1) is 5.82 Å². The van der Waals surface area contributed by atoms with E-state index in [9.17, 15) is 9.18 Å². The van der Waals surface area contributed by atoms with Gasteiger partial charge in [-0.1, -0.05) is 13.8 Å². The molecule has 1 aromatic carbocycles. The van der Waals surface area contributed by atoms with Crippen molar-refractivity contribution in [3.05, 3.63) is 29.1 Å². The van der Waals surface area contributed by atoms with E-state index in [0.29, 0.717) is 5.56 Å². The summed E-state index contributed by atoms with van der Waals surface area (Å²) in [5, 5.41) is 2.76. The number of ether oxygens (including phenoxy) is 1. The standard InChI is InChI=1S/C13H18FNO2/c1-8(2)9-5-10(12(16)7-15-3)13(17-4)11(14)6-9/h5-6,8,15H,7H2,1-4H3. The maximum Gasteiger partial charge on any atom is 0.180 e. The molecule has 0 radical (unpaired) electrons. The SMILES string of the molecule is CNCC(=O)c1cc(C(C)C)cc(F)c1OC. The van der Waals surface area contributed by atoms with Crippen LogP contribution in [0.5, 0.6) is 5.75 Å². The van der Waals surface area contributed by atoms with Gasteiger partial charge in [0, 0.05) is 0 Å². The number of halogens is 1. The van der Waals surface area contributed by atoms with E-state index in [1.165, 1.54) is 13.2 Å². The number of rotatable bonds is 5. The molecule has 0 amide bonds. The van der Waals surface area contributed by atoms with Crippen molar-refractivity contribution in [1.29, 1.82) is 0 Å². The first-order valence-electron chi connectivity index (χ1n) is 5.56. The van der Waals surface area contributed by atoms with Gasteiger partial charge in [0.05, 0.1) is 19.2 Å². The minimum Gasteiger partial charge on any atom is -0.493 e. The Morgan fingerprint density at radius 2 is 2.12 bits per heavy atom. The average molecular weight is 239 g/mol. The highest BCUT2D eigenvalue weighted by Gasteiger charge is 2.18. The van der Waals surface area contributed by atoms with Crippen LogP contribution in [-0.4, -0.2) is 26.5 Å². The number of Topliss-reactive ketones (excluding diaryl/α,β-unsaturated/α-hetero) is 1. The molecule has 0 aromatic heterocycles. The van der Waals surface area contributed by atoms with Gasteiger partial charge in [-0.05, 0) is 30.7 Å². The van der Waals surface area contributed by atoms with E-state index >= 15 is 0 Å². The second kappa shape index (κ2) is 5.77. The molecule has 1 rings (SSSR count). The Morgan fingerprint density at radius 1 is 1.47 bits per heavy atom. The van der Waals surface area contributed by atoms with Crippen LogP contribution in [0.4, 0.5) is 4.39 Å². The fourth-order valence-corrected chi connectivity index (χ4v) is 1.62. The molecule has 0 spiro atoms. The predicted octanol–water partition coefficient (Wildman–Crippen LogP) is 2.36. The zero-order valence-corrected chi connectivity index (χ0v) is 10.6. The van der Waals surface area contributed by atoms with Crippen LogP contribution in [0.1, 0.15) is 35.7 Å². The summed E-state index contributed by atoms with van der Waals surface area (Å²) in [4.78, 5) is 11.8. The van der Waals surface area contributed by atoms with Gasteiger partial charge in [0.25, 0.3) is 0 Å². The second-order valence-electron chi connectivity index (χ2n) is 4.19. The van der Waals surface area contributed by atoms with Crippen LogP contribution in [0.3, 0.4) is 0 Å². The Kier molecular flexibility index (Phi) is 4.63. The molecule has 0 unspecified atom stereocenters. The lowest BCUT2D eigenvalue weighted by atomic mass is 9.98. The molecule has 0 saturated carbocycles. The molecular weight excluding hydrogens is 221 g/mol. The minimum absolute atomic E-state index is 0.0228. The molecule has 94 valence electrons. The lowest BCUT2D eigenvalue weighted by molar-refractivity contribution is 0.0989. The molecule has 0 fully saturated rings. The van der Waals surface area contributed by atoms with Crippen molar-refractivity contribution in [2.75, 3.05) is 20.7 Å². The maximum absolute atomic E-state index is 13.8. The van der Waals surface area contributed by atoms with Crippen LogP contribution in [0.2, 0.25) is 0 Å². The van der Waals surface area contributed by atoms with Gasteiger partial charge in [-0.15, -0.1) is 0 Å². The summed E-state index contributed by atoms with van der Waals surface area (Å²) >= 11 is 0. The highest BCUT2D eigenvalue weighted by molar-refractivity contribution is 6.00. The van der Waals surface area contributed by atoms with Crippen LogP contribution >= 0.6 is 0 Å². The summed E-state index contributed by atoms with van der Waals surface area (Å²) in [5.41, 5.74) is 1.09. The molecule has 17 heavy (non-hydrogen) atoms. The van der Waals surface area contributed by atoms with Gasteiger partial charge < -0.3 is 10.1 Å². The van der Waals surface area contributed by atoms with Crippen molar-refractivity contribution >= 4 is 5.78 Å². The number of ketones is 1. The lowest BCUT2D eigenvalue weighted by Crippen LogP contribution is -2.19. The Morgan fingerprint density at radius 3 is 2.59 bits per heavy atom. The van der Waals surface area contributed by atoms with E-state index in [1.54, 1.807) is 13.1 Å². The quantitative estimate of drug-likeness (QED) is 0.802. The van der Waals surface area contributed by atoms with Crippen LogP contribution in [0.15, 0.2) is 12.1 Å². The van der Waals surface area contributed by atoms with Gasteiger partial charge in [0.15, 0.2) is 17.3 Å². The van der Waals surface area contributed by atoms with Gasteiger partial charge in [-0.2, -0.15) is 0 Å². The highest BCUT2D eigenvalue weighted by Crippen LogP contribution is 2.28. The molecule has 1 N–H and O–H groups in total. The lowest BCUT2D eigenvalue weighted by Gasteiger charge is -2.13. The third-order valence-electron chi connectivity index (χ3n) is 2.57. The number of methoxy groups -OCH3 is 1. The van der Waals surface area contributed by atoms with Crippen molar-refractivity contribution in [3.63, 3.8) is 0 Å². The van der Waals surface area contributed by atoms with Crippen LogP contribution in [-0.2, 0) is 0 Å². The van der Waals surface area contributed by atoms with E-state index in [4.69, 9.17) is 4.74 Å². The Balaban J connectivity index is 3.28. The number of carbonyl (C=O) groups excluding carboxylic acids is 1. The Bertz CT molecular complexity index is 416. The maximum atomic E-state index is 13.8. The molecule has 0 bridgehead atoms. The minimum atomic E-state index is -0.488. The number of nitrogens with one attached hydrogen (secondary N) is 1. The van der Waals surface area contributed by atoms with Crippen molar-refractivity contribution in [3.8, 4) is 5.75 Å². The van der Waals surface area contributed by atoms with Gasteiger partial charge in [-0.3, -0.25) is 4.79 Å². The fraction of sp³-hybridized carbons (Fsp3) is 0.462. The van der Waals surface area contributed by atoms with Crippen molar-refractivity contribution in [1.82, 2.24) is 5.32 Å². The molecule has 0 aliphatic rings. The number of likely N-dealkylation sites (N-methyl/N-ethyl adjacent to an activating group) is 1. The molecule has 0 heterocycles. The summed E-state index contributed by atoms with van der Waals surface area (Å²) in [5.74, 6) is -0.477. The first kappa shape index (κ1) is 13.6. The summed E-state index contributed by atoms with van der Waals surface area (Å²) in [6.07, 6.45) is 0. The molecule has 4 heteroatoms. The monoisotopic (exact) mass is 239 g/mol. The molecule has 0 aliphatic heterocycles. The molecule has 1 aromatic rings. The number of hydrogen-bond donors (Lipinski definition) is 1. The van der Waals surface area contributed by atoms with Crippen molar-refractivity contribution in [2.24, 2.45) is 0 Å². The largest absolute Gasteiger partial charge is 0.493 e. The predicted molar refractivity (Wildman–Crippen MR) is 65.3 cm³/mol. The van der Waals surface area contributed by atoms with Crippen LogP contribution in [0.25, 0.3) is 0 Å². The Labute approximate surface area is 101 Å². The number of benzene rings is 1. The molecule has 0 atom stereocenters. The van der Waals surface area contributed by atoms with E-state index in [1.807, 2.05) is 13.8 Å². The first-order chi connectivity index (χ1) is 8.01. The van der Waals surface area contributed by atoms with Gasteiger partial charge >= 0.3 is 0 Å². The van der Waals surface area contributed by atoms with Gasteiger partial charge in [0.1, 0.15) is 0 Å². The topological polar surface area (TPSA) is 38.3 Å². The van der Waals surface area contributed by atoms with Gasteiger partial charge in [0.2, 0.25) is 0 Å². The normalized spacial score (nSPS) is 10.7. The van der Waals surface area contributed by atoms with E-state index in [2.05, 4.69) is 5.32 Å². The molecular formula is C13H18FNO2. The highest BCUT2D eigenvalue weighted by atomic mass is 19.1. The fourth-order valence-electron chi connectivity index (χ4n) is 1.62. The van der Waals surface area contributed by atoms with Gasteiger partial charge in [-0.25, -0.2) is 4.39 Å². The third kappa shape index (κ3) is 3.03. The van der Waals surface area contributed by atoms with Crippen LogP contribution < -0.4 is 10.1 Å². The Hall–Kier alpha value is -1.42. The van der Waals surface area contributed by atoms with Crippen molar-refractivity contribution < 1.29 is 13.9 Å². The summed E-state index contributed by atoms with van der Waals surface area (Å²) in [6.45, 7) is 4.07. The molecule has 0 saturated heterocycles. The average Bonchev–Trinajstić information content (AvgIpc) is 2.28. The smallest absolute Gasteiger partial charge is 0.180 e. The summed E-state index contributed by atoms with van der Waals surface area (Å²) < 4.78 is 18.7. The number of carbonyl (C=O) groups is 1. The van der Waals surface area contributed by atoms with E-state index < -0.39 is 5.82 Å². The number of hydrogen-bond acceptors (Lipinski definition) is 3. The van der Waals surface area contributed by atoms with E-state index in [0.717, 1.165) is 5.56 Å². The zero-order valence-electron chi connectivity index (χ0n) is 10.6. The van der Waals surface area contributed by atoms with E-state index in [-0.39, 0.29) is 24.0 Å². The second-order valence-corrected chi connectivity index (χ2v) is 4.19. The summed E-state index contributed by atoms with van der Waals surface area (Å²) in [7, 11) is 3.04. The third-order valence-corrected chi connectivity index (χ3v) is 2.57. The summed E-state index contributed by atoms with van der Waals surface area (Å²) in [6, 6.07) is 3.12. The first-order valence-corrected chi connectivity index (χ1v) is 5.56.